The third-order valence-electron chi connectivity index (χ3n) is 1.90. The van der Waals surface area contributed by atoms with Gasteiger partial charge >= 0.3 is 0 Å². The van der Waals surface area contributed by atoms with E-state index in [0.29, 0.717) is 0 Å². The molecule has 0 radical (unpaired) electrons. The van der Waals surface area contributed by atoms with E-state index in [9.17, 15) is 13.2 Å². The van der Waals surface area contributed by atoms with E-state index < -0.39 is 9.84 Å². The molecule has 0 saturated carbocycles. The Balaban J connectivity index is 2.87. The van der Waals surface area contributed by atoms with Gasteiger partial charge in [0.25, 0.3) is 0 Å². The number of Topliss-reactive ketones (excluding diaryl/α,β-unsaturated/α-hetero) is 1. The maximum absolute atomic E-state index is 11.7. The average molecular weight is 291 g/mol. The molecule has 0 aliphatic rings. The SMILES string of the molecule is CC(=O)CCS(=O)(=O)c1ccc(Br)cc1. The summed E-state index contributed by atoms with van der Waals surface area (Å²) in [4.78, 5) is 11.0. The number of hydrogen-bond donors (Lipinski definition) is 0. The number of halogens is 1. The molecular weight excluding hydrogens is 280 g/mol. The molecule has 15 heavy (non-hydrogen) atoms. The Hall–Kier alpha value is -0.680. The second kappa shape index (κ2) is 4.90. The average Bonchev–Trinajstić information content (AvgIpc) is 2.16. The third-order valence-corrected chi connectivity index (χ3v) is 4.16. The summed E-state index contributed by atoms with van der Waals surface area (Å²) >= 11 is 3.23. The lowest BCUT2D eigenvalue weighted by Gasteiger charge is -2.02. The fourth-order valence-electron chi connectivity index (χ4n) is 1.04. The second-order valence-corrected chi connectivity index (χ2v) is 6.25. The smallest absolute Gasteiger partial charge is 0.178 e. The predicted molar refractivity (Wildman–Crippen MR) is 61.5 cm³/mol. The predicted octanol–water partition coefficient (Wildman–Crippen LogP) is 2.20. The summed E-state index contributed by atoms with van der Waals surface area (Å²) in [5.74, 6) is -0.236. The van der Waals surface area contributed by atoms with E-state index in [2.05, 4.69) is 15.9 Å². The van der Waals surface area contributed by atoms with Crippen LogP contribution in [0.3, 0.4) is 0 Å². The molecule has 0 aliphatic carbocycles. The van der Waals surface area contributed by atoms with Crippen LogP contribution in [0.4, 0.5) is 0 Å². The van der Waals surface area contributed by atoms with Crippen LogP contribution in [-0.2, 0) is 14.6 Å². The third kappa shape index (κ3) is 3.76. The molecule has 0 unspecified atom stereocenters. The van der Waals surface area contributed by atoms with Gasteiger partial charge in [0.05, 0.1) is 10.6 Å². The first-order valence-corrected chi connectivity index (χ1v) is 6.84. The topological polar surface area (TPSA) is 51.2 Å². The quantitative estimate of drug-likeness (QED) is 0.854. The largest absolute Gasteiger partial charge is 0.300 e. The molecule has 0 aliphatic heterocycles. The Morgan fingerprint density at radius 2 is 1.80 bits per heavy atom. The van der Waals surface area contributed by atoms with Gasteiger partial charge < -0.3 is 0 Å². The molecule has 0 N–H and O–H groups in total. The van der Waals surface area contributed by atoms with Crippen molar-refractivity contribution in [2.75, 3.05) is 5.75 Å². The maximum atomic E-state index is 11.7. The molecule has 1 aromatic rings. The van der Waals surface area contributed by atoms with E-state index >= 15 is 0 Å². The molecule has 0 aromatic heterocycles. The number of sulfone groups is 1. The van der Waals surface area contributed by atoms with Crippen molar-refractivity contribution in [1.82, 2.24) is 0 Å². The number of benzene rings is 1. The van der Waals surface area contributed by atoms with Crippen molar-refractivity contribution in [1.29, 1.82) is 0 Å². The first-order chi connectivity index (χ1) is 6.92. The Bertz CT molecular complexity index is 448. The van der Waals surface area contributed by atoms with Crippen molar-refractivity contribution in [2.45, 2.75) is 18.2 Å². The molecule has 0 bridgehead atoms. The first-order valence-electron chi connectivity index (χ1n) is 4.39. The van der Waals surface area contributed by atoms with Gasteiger partial charge in [-0.1, -0.05) is 15.9 Å². The first kappa shape index (κ1) is 12.4. The van der Waals surface area contributed by atoms with Crippen LogP contribution >= 0.6 is 15.9 Å². The Labute approximate surface area is 97.5 Å². The van der Waals surface area contributed by atoms with E-state index in [0.717, 1.165) is 4.47 Å². The molecule has 5 heteroatoms. The lowest BCUT2D eigenvalue weighted by atomic mass is 10.4. The van der Waals surface area contributed by atoms with E-state index in [4.69, 9.17) is 0 Å². The number of rotatable bonds is 4. The van der Waals surface area contributed by atoms with E-state index in [1.54, 1.807) is 12.1 Å². The van der Waals surface area contributed by atoms with Crippen LogP contribution in [0.15, 0.2) is 33.6 Å². The van der Waals surface area contributed by atoms with Gasteiger partial charge in [-0.25, -0.2) is 8.42 Å². The summed E-state index contributed by atoms with van der Waals surface area (Å²) in [5.41, 5.74) is 0. The molecule has 1 aromatic carbocycles. The molecule has 0 amide bonds. The highest BCUT2D eigenvalue weighted by Crippen LogP contribution is 2.16. The summed E-state index contributed by atoms with van der Waals surface area (Å²) in [7, 11) is -3.31. The van der Waals surface area contributed by atoms with Crippen molar-refractivity contribution < 1.29 is 13.2 Å². The molecular formula is C10H11BrO3S. The minimum atomic E-state index is -3.31. The fourth-order valence-corrected chi connectivity index (χ4v) is 2.64. The maximum Gasteiger partial charge on any atom is 0.178 e. The zero-order valence-corrected chi connectivity index (χ0v) is 10.6. The van der Waals surface area contributed by atoms with Crippen LogP contribution in [-0.4, -0.2) is 20.0 Å². The van der Waals surface area contributed by atoms with Crippen molar-refractivity contribution in [3.8, 4) is 0 Å². The lowest BCUT2D eigenvalue weighted by molar-refractivity contribution is -0.116. The van der Waals surface area contributed by atoms with Gasteiger partial charge in [0, 0.05) is 10.9 Å². The minimum Gasteiger partial charge on any atom is -0.300 e. The molecule has 1 rings (SSSR count). The highest BCUT2D eigenvalue weighted by atomic mass is 79.9. The molecule has 0 spiro atoms. The summed E-state index contributed by atoms with van der Waals surface area (Å²) in [6, 6.07) is 6.39. The van der Waals surface area contributed by atoms with Crippen molar-refractivity contribution in [2.24, 2.45) is 0 Å². The van der Waals surface area contributed by atoms with Gasteiger partial charge in [0.2, 0.25) is 0 Å². The molecule has 0 saturated heterocycles. The van der Waals surface area contributed by atoms with Crippen LogP contribution in [0.25, 0.3) is 0 Å². The van der Waals surface area contributed by atoms with Crippen LogP contribution < -0.4 is 0 Å². The van der Waals surface area contributed by atoms with Crippen molar-refractivity contribution in [3.63, 3.8) is 0 Å². The minimum absolute atomic E-state index is 0.0679. The number of ketones is 1. The summed E-state index contributed by atoms with van der Waals surface area (Å²) < 4.78 is 24.2. The summed E-state index contributed by atoms with van der Waals surface area (Å²) in [6.45, 7) is 1.39. The van der Waals surface area contributed by atoms with Gasteiger partial charge in [-0.3, -0.25) is 4.79 Å². The molecule has 0 atom stereocenters. The lowest BCUT2D eigenvalue weighted by Crippen LogP contribution is -2.09. The van der Waals surface area contributed by atoms with E-state index in [1.807, 2.05) is 0 Å². The number of carbonyl (C=O) groups excluding carboxylic acids is 1. The Kier molecular flexibility index (Phi) is 4.04. The van der Waals surface area contributed by atoms with Gasteiger partial charge in [-0.05, 0) is 31.2 Å². The standard InChI is InChI=1S/C10H11BrO3S/c1-8(12)6-7-15(13,14)10-4-2-9(11)3-5-10/h2-5H,6-7H2,1H3. The monoisotopic (exact) mass is 290 g/mol. The fraction of sp³-hybridized carbons (Fsp3) is 0.300. The molecule has 0 fully saturated rings. The molecule has 3 nitrogen and oxygen atoms in total. The highest BCUT2D eigenvalue weighted by Gasteiger charge is 2.14. The molecule has 0 heterocycles. The zero-order chi connectivity index (χ0) is 11.5. The summed E-state index contributed by atoms with van der Waals surface area (Å²) in [5, 5.41) is 0. The number of carbonyl (C=O) groups is 1. The number of hydrogen-bond acceptors (Lipinski definition) is 3. The van der Waals surface area contributed by atoms with Crippen LogP contribution in [0, 0.1) is 0 Å². The van der Waals surface area contributed by atoms with Gasteiger partial charge in [-0.2, -0.15) is 0 Å². The molecule has 82 valence electrons. The van der Waals surface area contributed by atoms with Gasteiger partial charge in [-0.15, -0.1) is 0 Å². The van der Waals surface area contributed by atoms with Crippen molar-refractivity contribution in [3.05, 3.63) is 28.7 Å². The zero-order valence-electron chi connectivity index (χ0n) is 8.23. The Morgan fingerprint density at radius 3 is 2.27 bits per heavy atom. The second-order valence-electron chi connectivity index (χ2n) is 3.22. The van der Waals surface area contributed by atoms with E-state index in [-0.39, 0.29) is 22.9 Å². The normalized spacial score (nSPS) is 11.3. The van der Waals surface area contributed by atoms with Crippen molar-refractivity contribution >= 4 is 31.6 Å². The van der Waals surface area contributed by atoms with Gasteiger partial charge in [0.15, 0.2) is 9.84 Å². The highest BCUT2D eigenvalue weighted by molar-refractivity contribution is 9.10. The summed E-state index contributed by atoms with van der Waals surface area (Å²) in [6.07, 6.45) is 0.0679. The van der Waals surface area contributed by atoms with E-state index in [1.165, 1.54) is 19.1 Å². The van der Waals surface area contributed by atoms with Crippen LogP contribution in [0.5, 0.6) is 0 Å². The van der Waals surface area contributed by atoms with Crippen LogP contribution in [0.2, 0.25) is 0 Å². The van der Waals surface area contributed by atoms with Gasteiger partial charge in [0.1, 0.15) is 5.78 Å². The Morgan fingerprint density at radius 1 is 1.27 bits per heavy atom. The van der Waals surface area contributed by atoms with Crippen LogP contribution in [0.1, 0.15) is 13.3 Å².